The average Bonchev–Trinajstić information content (AvgIpc) is 1.65. The monoisotopic (exact) mass is 2090 g/mol. The van der Waals surface area contributed by atoms with Crippen LogP contribution in [-0.4, -0.2) is 186 Å². The first-order valence-corrected chi connectivity index (χ1v) is 56.0. The molecular formula is C114H168N17NaO16S. The average molecular weight is 2090 g/mol. The van der Waals surface area contributed by atoms with Crippen molar-refractivity contribution in [2.24, 2.45) is 183 Å². The van der Waals surface area contributed by atoms with Gasteiger partial charge in [-0.3, -0.25) is 48.1 Å². The van der Waals surface area contributed by atoms with Crippen molar-refractivity contribution in [2.45, 2.75) is 279 Å². The minimum absolute atomic E-state index is 0. The van der Waals surface area contributed by atoms with Gasteiger partial charge in [-0.25, -0.2) is 14.0 Å². The second-order valence-electron chi connectivity index (χ2n) is 49.5. The van der Waals surface area contributed by atoms with Gasteiger partial charge >= 0.3 is 47.5 Å². The summed E-state index contributed by atoms with van der Waals surface area (Å²) in [6.45, 7) is 35.3. The number of rotatable bonds is 21. The molecule has 5 aromatic heterocycles. The zero-order chi connectivity index (χ0) is 106. The van der Waals surface area contributed by atoms with Gasteiger partial charge in [0.05, 0.1) is 80.7 Å². The first kappa shape index (κ1) is 118. The van der Waals surface area contributed by atoms with Crippen LogP contribution in [0.3, 0.4) is 0 Å². The number of carbonyl (C=O) groups excluding carboxylic acids is 6. The Balaban J connectivity index is 0.000000155. The van der Waals surface area contributed by atoms with Crippen LogP contribution < -0.4 is 35.3 Å². The fourth-order valence-corrected chi connectivity index (χ4v) is 33.7. The zero-order valence-electron chi connectivity index (χ0n) is 90.9. The summed E-state index contributed by atoms with van der Waals surface area (Å²) in [6.07, 6.45) is 57.9. The van der Waals surface area contributed by atoms with Gasteiger partial charge < -0.3 is 51.4 Å². The van der Waals surface area contributed by atoms with E-state index in [-0.39, 0.29) is 208 Å². The minimum Gasteiger partial charge on any atom is -0.466 e. The number of ether oxygens (including phenoxy) is 3. The number of nitrogens with two attached hydrogens (primary N) is 1. The van der Waals surface area contributed by atoms with Crippen molar-refractivity contribution < 1.29 is 106 Å². The maximum absolute atomic E-state index is 12.1. The number of hydrogen-bond acceptors (Lipinski definition) is 23. The predicted molar refractivity (Wildman–Crippen MR) is 565 cm³/mol. The molecule has 5 aromatic rings. The number of aliphatic hydroxyl groups excluding tert-OH is 4. The number of nitrogens with zero attached hydrogens (tertiary/aromatic N) is 14. The number of H-pyrrole nitrogens is 2. The minimum atomic E-state index is -3.58. The van der Waals surface area contributed by atoms with Gasteiger partial charge in [-0.05, 0) is 355 Å². The molecule has 30 atom stereocenters. The summed E-state index contributed by atoms with van der Waals surface area (Å²) in [5.41, 5.74) is 40.5. The van der Waals surface area contributed by atoms with Gasteiger partial charge in [-0.1, -0.05) is 143 Å². The number of aromatic nitrogens is 10. The quantitative estimate of drug-likeness (QED) is 0.00524. The molecule has 0 spiro atoms. The van der Waals surface area contributed by atoms with Crippen LogP contribution in [0.1, 0.15) is 285 Å². The summed E-state index contributed by atoms with van der Waals surface area (Å²) in [4.78, 5) is 75.9. The Bertz CT molecular complexity index is 5880. The predicted octanol–water partition coefficient (Wildman–Crippen LogP) is 15.5. The van der Waals surface area contributed by atoms with E-state index in [0.717, 1.165) is 156 Å². The van der Waals surface area contributed by atoms with Crippen molar-refractivity contribution in [3.63, 3.8) is 0 Å². The van der Waals surface area contributed by atoms with E-state index in [1.165, 1.54) is 109 Å². The Morgan fingerprint density at radius 2 is 0.685 bits per heavy atom. The Morgan fingerprint density at radius 3 is 0.966 bits per heavy atom. The van der Waals surface area contributed by atoms with E-state index in [1.54, 1.807) is 6.20 Å². The van der Waals surface area contributed by atoms with Gasteiger partial charge in [0, 0.05) is 109 Å². The molecular weight excluding hydrogens is 1920 g/mol. The molecule has 5 heterocycles. The third-order valence-corrected chi connectivity index (χ3v) is 42.2. The second-order valence-corrected chi connectivity index (χ2v) is 51.1. The molecule has 33 nitrogen and oxygen atoms in total. The molecule has 0 unspecified atom stereocenters. The first-order chi connectivity index (χ1) is 69.7. The molecule has 0 aliphatic heterocycles. The maximum Gasteiger partial charge on any atom is 1.00 e. The summed E-state index contributed by atoms with van der Waals surface area (Å²) in [7, 11) is -3.58. The molecule has 35 heteroatoms. The van der Waals surface area contributed by atoms with Crippen molar-refractivity contribution in [2.75, 3.05) is 72.2 Å². The van der Waals surface area contributed by atoms with E-state index in [2.05, 4.69) is 176 Å². The first-order valence-electron chi connectivity index (χ1n) is 54.2. The number of carbonyl (C=O) groups is 6. The molecule has 15 aliphatic carbocycles. The van der Waals surface area contributed by atoms with Crippen LogP contribution in [0.5, 0.6) is 0 Å². The number of fused-ring (bicyclic) bond motifs is 10. The summed E-state index contributed by atoms with van der Waals surface area (Å²) < 4.78 is 50.3. The van der Waals surface area contributed by atoms with Gasteiger partial charge in [-0.2, -0.15) is 33.9 Å². The van der Waals surface area contributed by atoms with Crippen molar-refractivity contribution >= 4 is 45.7 Å². The fraction of sp³-hybridized carbons (Fsp3) is 0.728. The number of aliphatic hydroxyl groups is 4. The smallest absolute Gasteiger partial charge is 0.466 e. The third-order valence-electron chi connectivity index (χ3n) is 41.6. The van der Waals surface area contributed by atoms with Crippen molar-refractivity contribution in [1.82, 2.24) is 49.7 Å². The van der Waals surface area contributed by atoms with Crippen LogP contribution in [0.15, 0.2) is 96.9 Å². The summed E-state index contributed by atoms with van der Waals surface area (Å²) in [6, 6.07) is 0. The van der Waals surface area contributed by atoms with E-state index in [0.29, 0.717) is 122 Å². The molecule has 15 aliphatic rings. The second kappa shape index (κ2) is 47.0. The van der Waals surface area contributed by atoms with Crippen molar-refractivity contribution in [3.05, 3.63) is 174 Å². The number of nitrogens with one attached hydrogen (secondary N) is 2. The van der Waals surface area contributed by atoms with Crippen LogP contribution in [-0.2, 0) is 107 Å². The van der Waals surface area contributed by atoms with Gasteiger partial charge in [0.25, 0.3) is 10.1 Å². The Hall–Kier alpha value is -8.50. The molecule has 0 amide bonds. The van der Waals surface area contributed by atoms with Crippen molar-refractivity contribution in [1.29, 1.82) is 0 Å². The number of azide groups is 1. The zero-order valence-corrected chi connectivity index (χ0v) is 93.7. The van der Waals surface area contributed by atoms with Crippen LogP contribution in [0.25, 0.3) is 26.4 Å². The van der Waals surface area contributed by atoms with E-state index < -0.39 is 10.1 Å². The molecule has 5 saturated carbocycles. The number of allylic oxidation sites excluding steroid dienone is 10. The summed E-state index contributed by atoms with van der Waals surface area (Å²) >= 11 is 0. The molecule has 0 bridgehead atoms. The molecule has 0 radical (unpaired) electrons. The fourth-order valence-electron chi connectivity index (χ4n) is 33.3. The molecule has 8 N–H and O–H groups in total. The van der Waals surface area contributed by atoms with Crippen LogP contribution >= 0.6 is 0 Å². The molecule has 0 saturated heterocycles. The maximum atomic E-state index is 12.1. The van der Waals surface area contributed by atoms with Gasteiger partial charge in [-0.15, -0.1) is 0 Å². The third kappa shape index (κ3) is 23.2. The number of hydrogen-bond donors (Lipinski definition) is 7. The topological polar surface area (TPSA) is 499 Å². The van der Waals surface area contributed by atoms with Crippen LogP contribution in [0.2, 0.25) is 0 Å². The largest absolute Gasteiger partial charge is 1.00 e. The van der Waals surface area contributed by atoms with E-state index in [9.17, 15) is 57.6 Å². The van der Waals surface area contributed by atoms with E-state index in [1.807, 2.05) is 24.8 Å². The summed E-state index contributed by atoms with van der Waals surface area (Å²) in [5.74, 6) is 5.07. The Kier molecular flexibility index (Phi) is 37.1. The van der Waals surface area contributed by atoms with E-state index >= 15 is 0 Å². The molecule has 0 aromatic carbocycles. The van der Waals surface area contributed by atoms with E-state index in [4.69, 9.17) is 40.7 Å². The van der Waals surface area contributed by atoms with Gasteiger partial charge in [0.2, 0.25) is 17.7 Å². The number of aromatic amines is 2. The molecule has 149 heavy (non-hydrogen) atoms. The normalized spacial score (nSPS) is 37.5. The van der Waals surface area contributed by atoms with Crippen LogP contribution in [0.4, 0.5) is 0 Å². The van der Waals surface area contributed by atoms with Gasteiger partial charge in [0.1, 0.15) is 0 Å². The summed E-state index contributed by atoms with van der Waals surface area (Å²) in [5, 5.41) is 72.8. The van der Waals surface area contributed by atoms with Crippen LogP contribution in [0, 0.1) is 173 Å². The standard InChI is InChI=1S/C25H36N2O6S.C24H33N5O3.C24H34N2O4.C20H31N3O.C20H30N2O2.CH4.N3.Na/c1-16(28)27-23-11-19(14-32-17(2)29)25(4,12-18(23)13-26-27)22-8-10-24(3)9-6-7-21(24)20(22)15-33-34(5,30)31;1-15(30)29-22-10-18(14-32-16(2)31)24(4,11-17(22)12-27-29)21-7-9-23(3)8-5-6-20(23)19(21)13-26-28-25;1-15(28)26-22-10-18(14-30-16(2)29)24(4,11-17(22)12-25-26)21-7-9-23(3)8-5-6-20(23)19(21)13-27;1-19-6-3-4-16(19)15(10-21)17(5-7-19)20(2)9-13-11-22-23-18(13)8-14(20)12-24;1-19-6-3-4-16(19)15(12-24)17(5-7-19)20(2)9-13-10-21-22-18(13)8-14(20)11-23;;1-3-2;/h6,9,13,19-22H,7-8,10-12,14-15H2,1-5H3;5,8,12,18-21H,6-7,9-11,13-14H2,1-4H3;5,8,12,18-21,27H,6-7,9-11,13-14H2,1-4H3;3,6,11,14-17,24H,4-5,7-10,12,21H2,1-2H3,(H,22,23);3,6,10,14-17,23-24H,4-5,7-9,11-12H2,1-2H3,(H,21,22);1H4;;/q;;;;;;-1;+1/t19-,20+,21+,22+,24+,25+;2*18-,19+,20+,21+,23+,24+;2*14-,15+,16+,17+,19+,20+;;;/m11111.../s1. The molecule has 20 rings (SSSR count). The van der Waals surface area contributed by atoms with Gasteiger partial charge in [0.15, 0.2) is 0 Å². The number of esters is 3. The molecule has 812 valence electrons. The van der Waals surface area contributed by atoms with Crippen molar-refractivity contribution in [3.8, 4) is 0 Å². The Labute approximate surface area is 903 Å². The Morgan fingerprint density at radius 1 is 0.409 bits per heavy atom. The molecule has 5 fully saturated rings. The SMILES string of the molecule is C.CC(=O)OC[C@H]1Cc2c(cnn2C(C)=O)C[C@]1(C)[C@H]1CC[C@]2(C)C=CC[C@H]2[C@@H]1CN=[N+]=[N-].CC(=O)OC[C@H]1Cc2c(cnn2C(C)=O)C[C@]1(C)[C@H]1CC[C@]2(C)C=CC[C@H]2[C@@H]1CO.CC(=O)OC[C@H]1Cc2c(cnn2C(C)=O)C[C@]1(C)[C@H]1CC[C@]2(C)C=CC[C@H]2[C@@H]1COS(C)(=O)=O.C[C@]1([C@H]2CC[C@]3(C)C=CC[C@H]3[C@@H]2CN)Cc2cn[nH]c2C[C@@H]1CO.C[C@]1([C@H]2CC[C@]3(C)C=CC[C@H]3[C@@H]2CO)Cc2cn[nH]c2C[C@@H]1CO.[N-]=[N+]=[N-].[Na+].